The molecule has 2 aromatic heterocycles. The van der Waals surface area contributed by atoms with Crippen LogP contribution in [0.4, 0.5) is 0 Å². The maximum absolute atomic E-state index is 4.28. The summed E-state index contributed by atoms with van der Waals surface area (Å²) < 4.78 is 2.23. The second-order valence-electron chi connectivity index (χ2n) is 4.81. The molecule has 2 aromatic rings. The van der Waals surface area contributed by atoms with Gasteiger partial charge in [0.2, 0.25) is 0 Å². The van der Waals surface area contributed by atoms with Gasteiger partial charge in [0.25, 0.3) is 0 Å². The zero-order valence-corrected chi connectivity index (χ0v) is 10.8. The van der Waals surface area contributed by atoms with Gasteiger partial charge in [-0.15, -0.1) is 10.2 Å². The van der Waals surface area contributed by atoms with Gasteiger partial charge in [-0.25, -0.2) is 4.98 Å². The second-order valence-corrected chi connectivity index (χ2v) is 4.81. The Morgan fingerprint density at radius 1 is 1.50 bits per heavy atom. The summed E-state index contributed by atoms with van der Waals surface area (Å²) in [4.78, 5) is 7.37. The third-order valence-electron chi connectivity index (χ3n) is 3.54. The van der Waals surface area contributed by atoms with Crippen LogP contribution in [0.1, 0.15) is 42.4 Å². The minimum Gasteiger partial charge on any atom is -0.348 e. The lowest BCUT2D eigenvalue weighted by molar-refractivity contribution is 0.511. The molecule has 0 saturated heterocycles. The predicted octanol–water partition coefficient (Wildman–Crippen LogP) is 1.11. The Bertz CT molecular complexity index is 541. The second kappa shape index (κ2) is 4.53. The van der Waals surface area contributed by atoms with E-state index in [4.69, 9.17) is 0 Å². The van der Waals surface area contributed by atoms with Gasteiger partial charge in [-0.2, -0.15) is 0 Å². The van der Waals surface area contributed by atoms with E-state index in [0.717, 1.165) is 42.5 Å². The first-order chi connectivity index (χ1) is 8.75. The smallest absolute Gasteiger partial charge is 0.149 e. The molecular weight excluding hydrogens is 228 g/mol. The summed E-state index contributed by atoms with van der Waals surface area (Å²) in [5, 5.41) is 12.0. The van der Waals surface area contributed by atoms with Crippen LogP contribution in [0.2, 0.25) is 0 Å². The molecule has 3 rings (SSSR count). The predicted molar refractivity (Wildman–Crippen MR) is 66.9 cm³/mol. The monoisotopic (exact) mass is 246 g/mol. The maximum atomic E-state index is 4.28. The molecule has 6 heteroatoms. The number of rotatable bonds is 4. The zero-order chi connectivity index (χ0) is 12.5. The highest BCUT2D eigenvalue weighted by Crippen LogP contribution is 2.19. The minimum absolute atomic E-state index is 0.195. The van der Waals surface area contributed by atoms with E-state index in [9.17, 15) is 0 Å². The van der Waals surface area contributed by atoms with Crippen molar-refractivity contribution >= 4 is 0 Å². The van der Waals surface area contributed by atoms with E-state index in [1.54, 1.807) is 6.33 Å². The van der Waals surface area contributed by atoms with Crippen LogP contribution in [-0.2, 0) is 19.5 Å². The molecule has 1 atom stereocenters. The van der Waals surface area contributed by atoms with E-state index in [2.05, 4.69) is 37.0 Å². The fourth-order valence-corrected chi connectivity index (χ4v) is 2.40. The van der Waals surface area contributed by atoms with Crippen LogP contribution >= 0.6 is 0 Å². The van der Waals surface area contributed by atoms with Crippen molar-refractivity contribution in [1.29, 1.82) is 0 Å². The number of H-pyrrole nitrogens is 1. The summed E-state index contributed by atoms with van der Waals surface area (Å²) in [5.74, 6) is 2.16. The van der Waals surface area contributed by atoms with Crippen molar-refractivity contribution in [3.8, 4) is 0 Å². The highest BCUT2D eigenvalue weighted by atomic mass is 15.3. The summed E-state index contributed by atoms with van der Waals surface area (Å²) in [6.45, 7) is 5.95. The summed E-state index contributed by atoms with van der Waals surface area (Å²) in [6, 6.07) is 0.195. The van der Waals surface area contributed by atoms with E-state index in [1.807, 2.05) is 6.92 Å². The quantitative estimate of drug-likeness (QED) is 0.847. The molecule has 0 bridgehead atoms. The fraction of sp³-hybridized carbons (Fsp3) is 0.583. The molecule has 0 amide bonds. The van der Waals surface area contributed by atoms with Crippen LogP contribution in [-0.4, -0.2) is 24.7 Å². The van der Waals surface area contributed by atoms with Gasteiger partial charge < -0.3 is 14.9 Å². The number of imidazole rings is 1. The van der Waals surface area contributed by atoms with Crippen molar-refractivity contribution in [2.24, 2.45) is 0 Å². The molecule has 96 valence electrons. The molecule has 0 saturated carbocycles. The summed E-state index contributed by atoms with van der Waals surface area (Å²) in [7, 11) is 0. The number of aryl methyl sites for hydroxylation is 2. The zero-order valence-electron chi connectivity index (χ0n) is 10.8. The molecule has 0 aliphatic carbocycles. The van der Waals surface area contributed by atoms with Crippen LogP contribution in [0, 0.1) is 6.92 Å². The lowest BCUT2D eigenvalue weighted by Crippen LogP contribution is -2.22. The molecule has 2 N–H and O–H groups in total. The molecular formula is C12H18N6. The summed E-state index contributed by atoms with van der Waals surface area (Å²) >= 11 is 0. The van der Waals surface area contributed by atoms with Gasteiger partial charge in [0, 0.05) is 25.2 Å². The van der Waals surface area contributed by atoms with Gasteiger partial charge in [0.05, 0.1) is 18.1 Å². The Kier molecular flexibility index (Phi) is 2.87. The third kappa shape index (κ3) is 1.92. The van der Waals surface area contributed by atoms with E-state index >= 15 is 0 Å². The molecule has 0 fully saturated rings. The average molecular weight is 246 g/mol. The van der Waals surface area contributed by atoms with Gasteiger partial charge in [-0.1, -0.05) is 0 Å². The topological polar surface area (TPSA) is 71.4 Å². The van der Waals surface area contributed by atoms with Crippen molar-refractivity contribution in [3.63, 3.8) is 0 Å². The molecule has 0 aromatic carbocycles. The number of aromatic nitrogens is 5. The minimum atomic E-state index is 0.195. The van der Waals surface area contributed by atoms with E-state index < -0.39 is 0 Å². The van der Waals surface area contributed by atoms with Gasteiger partial charge in [0.1, 0.15) is 11.6 Å². The number of aromatic amines is 1. The molecule has 6 nitrogen and oxygen atoms in total. The van der Waals surface area contributed by atoms with E-state index in [1.165, 1.54) is 6.42 Å². The fourth-order valence-electron chi connectivity index (χ4n) is 2.40. The summed E-state index contributed by atoms with van der Waals surface area (Å²) in [5.41, 5.74) is 2.17. The third-order valence-corrected chi connectivity index (χ3v) is 3.54. The first kappa shape index (κ1) is 11.4. The van der Waals surface area contributed by atoms with Gasteiger partial charge in [-0.05, 0) is 20.3 Å². The molecule has 1 aliphatic rings. The highest BCUT2D eigenvalue weighted by molar-refractivity contribution is 5.09. The van der Waals surface area contributed by atoms with E-state index in [-0.39, 0.29) is 6.04 Å². The van der Waals surface area contributed by atoms with Crippen molar-refractivity contribution < 1.29 is 0 Å². The molecule has 0 spiro atoms. The van der Waals surface area contributed by atoms with Crippen LogP contribution in [0.25, 0.3) is 0 Å². The largest absolute Gasteiger partial charge is 0.348 e. The first-order valence-corrected chi connectivity index (χ1v) is 6.40. The van der Waals surface area contributed by atoms with Crippen LogP contribution in [0.15, 0.2) is 6.33 Å². The number of nitrogens with one attached hydrogen (secondary N) is 2. The standard InChI is InChI=1S/C12H18N6/c1-8-10(15-7-14-8)6-13-9(2)12-17-16-11-4-3-5-18(11)12/h7,9,13H,3-6H2,1-2H3,(H,14,15). The molecule has 18 heavy (non-hydrogen) atoms. The van der Waals surface area contributed by atoms with Gasteiger partial charge >= 0.3 is 0 Å². The molecule has 3 heterocycles. The van der Waals surface area contributed by atoms with Gasteiger partial charge in [-0.3, -0.25) is 0 Å². The van der Waals surface area contributed by atoms with E-state index in [0.29, 0.717) is 0 Å². The molecule has 0 radical (unpaired) electrons. The Labute approximate surface area is 106 Å². The lowest BCUT2D eigenvalue weighted by atomic mass is 10.3. The van der Waals surface area contributed by atoms with Crippen molar-refractivity contribution in [2.45, 2.75) is 45.8 Å². The normalized spacial score (nSPS) is 15.9. The summed E-state index contributed by atoms with van der Waals surface area (Å²) in [6.07, 6.45) is 3.97. The van der Waals surface area contributed by atoms with Crippen LogP contribution < -0.4 is 5.32 Å². The van der Waals surface area contributed by atoms with Crippen LogP contribution in [0.3, 0.4) is 0 Å². The maximum Gasteiger partial charge on any atom is 0.149 e. The van der Waals surface area contributed by atoms with Crippen LogP contribution in [0.5, 0.6) is 0 Å². The highest BCUT2D eigenvalue weighted by Gasteiger charge is 2.21. The molecule has 1 aliphatic heterocycles. The van der Waals surface area contributed by atoms with Crippen molar-refractivity contribution in [1.82, 2.24) is 30.0 Å². The van der Waals surface area contributed by atoms with Crippen molar-refractivity contribution in [3.05, 3.63) is 29.4 Å². The first-order valence-electron chi connectivity index (χ1n) is 6.40. The Morgan fingerprint density at radius 2 is 2.39 bits per heavy atom. The lowest BCUT2D eigenvalue weighted by Gasteiger charge is -2.13. The van der Waals surface area contributed by atoms with Crippen molar-refractivity contribution in [2.75, 3.05) is 0 Å². The van der Waals surface area contributed by atoms with Gasteiger partial charge in [0.15, 0.2) is 0 Å². The average Bonchev–Trinajstić information content (AvgIpc) is 3.01. The number of hydrogen-bond acceptors (Lipinski definition) is 4. The Morgan fingerprint density at radius 3 is 3.17 bits per heavy atom. The number of fused-ring (bicyclic) bond motifs is 1. The molecule has 1 unspecified atom stereocenters. The number of nitrogens with zero attached hydrogens (tertiary/aromatic N) is 4. The SMILES string of the molecule is Cc1[nH]cnc1CNC(C)c1nnc2n1CCC2. The Hall–Kier alpha value is -1.69. The number of hydrogen-bond donors (Lipinski definition) is 2. The Balaban J connectivity index is 1.68.